The molecule has 2 nitrogen and oxygen atoms in total. The molecule has 0 saturated heterocycles. The molecular formula is C7H5BrO2S2. The predicted molar refractivity (Wildman–Crippen MR) is 52.5 cm³/mol. The largest absolute Gasteiger partial charge is 0.495 e. The molecule has 0 bridgehead atoms. The van der Waals surface area contributed by atoms with Crippen LogP contribution in [0.4, 0.5) is 0 Å². The number of fused-ring (bicyclic) bond motifs is 1. The van der Waals surface area contributed by atoms with Crippen molar-refractivity contribution in [2.75, 3.05) is 7.11 Å². The van der Waals surface area contributed by atoms with Gasteiger partial charge in [0.25, 0.3) is 0 Å². The minimum atomic E-state index is -0.913. The maximum atomic E-state index is 11.3. The maximum absolute atomic E-state index is 11.3. The molecule has 0 fully saturated rings. The molecule has 1 aromatic rings. The first-order valence-electron chi connectivity index (χ1n) is 3.21. The lowest BCUT2D eigenvalue weighted by atomic mass is 10.3. The van der Waals surface area contributed by atoms with E-state index in [1.165, 1.54) is 10.2 Å². The first-order valence-corrected chi connectivity index (χ1v) is 7.02. The van der Waals surface area contributed by atoms with Crippen molar-refractivity contribution in [3.8, 4) is 5.75 Å². The van der Waals surface area contributed by atoms with Crippen molar-refractivity contribution in [2.24, 2.45) is 0 Å². The normalized spacial score (nSPS) is 18.7. The summed E-state index contributed by atoms with van der Waals surface area (Å²) < 4.78 is 16.3. The zero-order valence-corrected chi connectivity index (χ0v) is 9.38. The summed E-state index contributed by atoms with van der Waals surface area (Å²) in [5, 5.41) is 0. The highest BCUT2D eigenvalue weighted by Crippen LogP contribution is 2.49. The Hall–Kier alpha value is -0.000000000000000167. The van der Waals surface area contributed by atoms with E-state index in [1.54, 1.807) is 7.11 Å². The third-order valence-corrected chi connectivity index (χ3v) is 4.72. The van der Waals surface area contributed by atoms with Crippen molar-refractivity contribution in [2.45, 2.75) is 14.7 Å². The summed E-state index contributed by atoms with van der Waals surface area (Å²) in [5.74, 6) is 0.730. The van der Waals surface area contributed by atoms with Gasteiger partial charge in [-0.25, -0.2) is 4.21 Å². The van der Waals surface area contributed by atoms with Crippen LogP contribution < -0.4 is 4.74 Å². The first kappa shape index (κ1) is 8.59. The molecule has 0 aliphatic carbocycles. The van der Waals surface area contributed by atoms with Gasteiger partial charge in [-0.05, 0) is 37.1 Å². The summed E-state index contributed by atoms with van der Waals surface area (Å²) in [6, 6.07) is 3.75. The fourth-order valence-corrected chi connectivity index (χ4v) is 4.07. The summed E-state index contributed by atoms with van der Waals surface area (Å²) in [6.07, 6.45) is 0. The van der Waals surface area contributed by atoms with Crippen LogP contribution in [0, 0.1) is 0 Å². The highest BCUT2D eigenvalue weighted by molar-refractivity contribution is 9.50. The lowest BCUT2D eigenvalue weighted by Gasteiger charge is -1.95. The van der Waals surface area contributed by atoms with E-state index < -0.39 is 10.8 Å². The third-order valence-electron chi connectivity index (χ3n) is 1.67. The molecule has 0 saturated carbocycles. The van der Waals surface area contributed by atoms with Crippen LogP contribution in [0.15, 0.2) is 26.8 Å². The Morgan fingerprint density at radius 3 is 2.83 bits per heavy atom. The zero-order chi connectivity index (χ0) is 8.72. The van der Waals surface area contributed by atoms with Gasteiger partial charge >= 0.3 is 0 Å². The van der Waals surface area contributed by atoms with Gasteiger partial charge in [-0.1, -0.05) is 0 Å². The monoisotopic (exact) mass is 264 g/mol. The molecule has 0 spiro atoms. The molecule has 1 aliphatic heterocycles. The van der Waals surface area contributed by atoms with Crippen LogP contribution in [-0.4, -0.2) is 11.3 Å². The number of hydrogen-bond acceptors (Lipinski definition) is 3. The summed E-state index contributed by atoms with van der Waals surface area (Å²) >= 11 is 3.26. The number of benzene rings is 1. The van der Waals surface area contributed by atoms with Crippen molar-refractivity contribution in [3.05, 3.63) is 12.1 Å². The summed E-state index contributed by atoms with van der Waals surface area (Å²) in [7, 11) is 2.11. The minimum absolute atomic E-state index is 0.730. The van der Waals surface area contributed by atoms with E-state index >= 15 is 0 Å². The second-order valence-corrected chi connectivity index (χ2v) is 5.19. The highest BCUT2D eigenvalue weighted by atomic mass is 79.9. The number of ether oxygens (including phenoxy) is 1. The Kier molecular flexibility index (Phi) is 2.18. The minimum Gasteiger partial charge on any atom is -0.495 e. The predicted octanol–water partition coefficient (Wildman–Crippen LogP) is 2.58. The second-order valence-electron chi connectivity index (χ2n) is 2.27. The quantitative estimate of drug-likeness (QED) is 0.781. The number of halogens is 1. The van der Waals surface area contributed by atoms with Crippen LogP contribution in [0.2, 0.25) is 0 Å². The van der Waals surface area contributed by atoms with Crippen LogP contribution >= 0.6 is 25.0 Å². The van der Waals surface area contributed by atoms with Gasteiger partial charge in [0, 0.05) is 4.90 Å². The van der Waals surface area contributed by atoms with E-state index in [0.717, 1.165) is 20.4 Å². The van der Waals surface area contributed by atoms with Crippen molar-refractivity contribution >= 4 is 35.8 Å². The van der Waals surface area contributed by atoms with Gasteiger partial charge in [-0.15, -0.1) is 0 Å². The van der Waals surface area contributed by atoms with Gasteiger partial charge in [0.15, 0.2) is 0 Å². The molecule has 0 radical (unpaired) electrons. The Morgan fingerprint density at radius 2 is 2.25 bits per heavy atom. The van der Waals surface area contributed by atoms with E-state index in [1.807, 2.05) is 12.1 Å². The Morgan fingerprint density at radius 1 is 1.50 bits per heavy atom. The van der Waals surface area contributed by atoms with Crippen LogP contribution in [0.25, 0.3) is 0 Å². The molecule has 1 aliphatic rings. The SMILES string of the molecule is COc1ccc(SBr)c2c1S2=O. The van der Waals surface area contributed by atoms with Gasteiger partial charge in [0.1, 0.15) is 10.6 Å². The first-order chi connectivity index (χ1) is 5.79. The standard InChI is InChI=1S/C7H5BrO2S2/c1-10-4-2-3-5(11-8)7-6(4)12(7)9/h2-3H,1H3. The van der Waals surface area contributed by atoms with Crippen LogP contribution in [0.3, 0.4) is 0 Å². The lowest BCUT2D eigenvalue weighted by molar-refractivity contribution is 0.404. The van der Waals surface area contributed by atoms with E-state index in [2.05, 4.69) is 14.8 Å². The molecule has 2 rings (SSSR count). The smallest absolute Gasteiger partial charge is 0.136 e. The molecule has 12 heavy (non-hydrogen) atoms. The Labute approximate surface area is 84.3 Å². The molecule has 1 unspecified atom stereocenters. The molecule has 0 N–H and O–H groups in total. The second kappa shape index (κ2) is 3.05. The van der Waals surface area contributed by atoms with Crippen molar-refractivity contribution in [1.29, 1.82) is 0 Å². The van der Waals surface area contributed by atoms with Crippen LogP contribution in [-0.2, 0) is 10.8 Å². The average molecular weight is 265 g/mol. The fourth-order valence-electron chi connectivity index (χ4n) is 1.07. The molecular weight excluding hydrogens is 260 g/mol. The maximum Gasteiger partial charge on any atom is 0.136 e. The fraction of sp³-hybridized carbons (Fsp3) is 0.143. The lowest BCUT2D eigenvalue weighted by Crippen LogP contribution is -1.80. The summed E-state index contributed by atoms with van der Waals surface area (Å²) in [4.78, 5) is 2.78. The summed E-state index contributed by atoms with van der Waals surface area (Å²) in [5.41, 5.74) is 0. The number of hydrogen-bond donors (Lipinski definition) is 0. The van der Waals surface area contributed by atoms with Gasteiger partial charge in [0.05, 0.1) is 22.8 Å². The van der Waals surface area contributed by atoms with Gasteiger partial charge in [0.2, 0.25) is 0 Å². The van der Waals surface area contributed by atoms with Crippen LogP contribution in [0.5, 0.6) is 5.75 Å². The van der Waals surface area contributed by atoms with Crippen molar-refractivity contribution in [3.63, 3.8) is 0 Å². The topological polar surface area (TPSA) is 26.3 Å². The van der Waals surface area contributed by atoms with Crippen molar-refractivity contribution < 1.29 is 8.95 Å². The van der Waals surface area contributed by atoms with Gasteiger partial charge < -0.3 is 4.74 Å². The molecule has 5 heteroatoms. The van der Waals surface area contributed by atoms with Gasteiger partial charge in [-0.2, -0.15) is 0 Å². The van der Waals surface area contributed by atoms with Crippen molar-refractivity contribution in [1.82, 2.24) is 0 Å². The van der Waals surface area contributed by atoms with Gasteiger partial charge in [-0.3, -0.25) is 0 Å². The number of rotatable bonds is 2. The van der Waals surface area contributed by atoms with E-state index in [0.29, 0.717) is 0 Å². The molecule has 1 heterocycles. The Bertz CT molecular complexity index is 332. The van der Waals surface area contributed by atoms with Crippen LogP contribution in [0.1, 0.15) is 0 Å². The highest BCUT2D eigenvalue weighted by Gasteiger charge is 2.36. The molecule has 0 amide bonds. The average Bonchev–Trinajstić information content (AvgIpc) is 2.77. The van der Waals surface area contributed by atoms with E-state index in [-0.39, 0.29) is 0 Å². The van der Waals surface area contributed by atoms with E-state index in [9.17, 15) is 4.21 Å². The molecule has 0 aromatic heterocycles. The number of methoxy groups -OCH3 is 1. The van der Waals surface area contributed by atoms with E-state index in [4.69, 9.17) is 4.74 Å². The molecule has 1 aromatic carbocycles. The molecule has 64 valence electrons. The summed E-state index contributed by atoms with van der Waals surface area (Å²) in [6.45, 7) is 0. The third kappa shape index (κ3) is 1.11. The molecule has 1 atom stereocenters. The zero-order valence-electron chi connectivity index (χ0n) is 6.17. The Balaban J connectivity index is 2.54.